The number of para-hydroxylation sites is 1. The van der Waals surface area contributed by atoms with Crippen molar-refractivity contribution in [2.45, 2.75) is 13.0 Å². The molecule has 1 aliphatic rings. The number of furan rings is 1. The summed E-state index contributed by atoms with van der Waals surface area (Å²) in [4.78, 5) is 7.04. The second kappa shape index (κ2) is 7.30. The highest BCUT2D eigenvalue weighted by Gasteiger charge is 2.09. The van der Waals surface area contributed by atoms with Gasteiger partial charge in [-0.15, -0.1) is 0 Å². The maximum Gasteiger partial charge on any atom is 0.153 e. The van der Waals surface area contributed by atoms with Crippen LogP contribution in [0.25, 0.3) is 21.9 Å². The molecule has 0 atom stereocenters. The summed E-state index contributed by atoms with van der Waals surface area (Å²) in [5.41, 5.74) is 2.85. The molecule has 1 aliphatic heterocycles. The van der Waals surface area contributed by atoms with E-state index in [1.165, 1.54) is 26.1 Å². The molecule has 24 heavy (non-hydrogen) atoms. The van der Waals surface area contributed by atoms with E-state index in [9.17, 15) is 0 Å². The quantitative estimate of drug-likeness (QED) is 0.682. The van der Waals surface area contributed by atoms with E-state index < -0.39 is 0 Å². The fraction of sp³-hybridized carbons (Fsp3) is 0.421. The molecule has 2 N–H and O–H groups in total. The molecule has 1 fully saturated rings. The third-order valence-electron chi connectivity index (χ3n) is 4.66. The molecule has 2 aromatic heterocycles. The van der Waals surface area contributed by atoms with Crippen LogP contribution >= 0.6 is 0 Å². The van der Waals surface area contributed by atoms with Gasteiger partial charge in [0.25, 0.3) is 0 Å². The van der Waals surface area contributed by atoms with Crippen LogP contribution in [-0.4, -0.2) is 49.2 Å². The zero-order chi connectivity index (χ0) is 16.2. The lowest BCUT2D eigenvalue weighted by Gasteiger charge is -2.27. The van der Waals surface area contributed by atoms with E-state index in [1.807, 2.05) is 24.4 Å². The van der Waals surface area contributed by atoms with Gasteiger partial charge in [-0.1, -0.05) is 18.2 Å². The van der Waals surface area contributed by atoms with Crippen LogP contribution in [0.15, 0.2) is 40.9 Å². The summed E-state index contributed by atoms with van der Waals surface area (Å²) in [5.74, 6) is 0. The standard InChI is InChI=1S/C19H24N4O/c1-2-5-18-16(4-1)17-12-15(22-14-19(17)24-18)13-21-6-3-9-23-10-7-20-8-11-23/h1-2,4-5,12,14,20-21H,3,6-11,13H2. The van der Waals surface area contributed by atoms with E-state index in [0.29, 0.717) is 0 Å². The highest BCUT2D eigenvalue weighted by molar-refractivity contribution is 6.04. The third-order valence-corrected chi connectivity index (χ3v) is 4.66. The second-order valence-electron chi connectivity index (χ2n) is 6.39. The van der Waals surface area contributed by atoms with Crippen LogP contribution in [-0.2, 0) is 6.54 Å². The second-order valence-corrected chi connectivity index (χ2v) is 6.39. The summed E-state index contributed by atoms with van der Waals surface area (Å²) in [7, 11) is 0. The van der Waals surface area contributed by atoms with Crippen LogP contribution in [0.1, 0.15) is 12.1 Å². The number of fused-ring (bicyclic) bond motifs is 3. The van der Waals surface area contributed by atoms with Crippen molar-refractivity contribution in [3.05, 3.63) is 42.2 Å². The number of benzene rings is 1. The molecule has 1 saturated heterocycles. The van der Waals surface area contributed by atoms with E-state index in [4.69, 9.17) is 4.42 Å². The Kier molecular flexibility index (Phi) is 4.74. The van der Waals surface area contributed by atoms with Gasteiger partial charge in [-0.2, -0.15) is 0 Å². The Morgan fingerprint density at radius 1 is 1.12 bits per heavy atom. The number of piperazine rings is 1. The molecular weight excluding hydrogens is 300 g/mol. The Labute approximate surface area is 142 Å². The van der Waals surface area contributed by atoms with Crippen molar-refractivity contribution in [3.63, 3.8) is 0 Å². The van der Waals surface area contributed by atoms with Crippen molar-refractivity contribution in [3.8, 4) is 0 Å². The average Bonchev–Trinajstić information content (AvgIpc) is 3.00. The average molecular weight is 324 g/mol. The number of pyridine rings is 1. The SMILES string of the molecule is c1ccc2c(c1)oc1cnc(CNCCCN3CCNCC3)cc12. The normalized spacial score (nSPS) is 16.2. The number of hydrogen-bond donors (Lipinski definition) is 2. The van der Waals surface area contributed by atoms with Crippen molar-refractivity contribution in [2.24, 2.45) is 0 Å². The minimum Gasteiger partial charge on any atom is -0.454 e. The van der Waals surface area contributed by atoms with Gasteiger partial charge in [0.05, 0.1) is 11.9 Å². The van der Waals surface area contributed by atoms with Crippen molar-refractivity contribution < 1.29 is 4.42 Å². The maximum absolute atomic E-state index is 5.82. The zero-order valence-corrected chi connectivity index (χ0v) is 13.9. The van der Waals surface area contributed by atoms with Crippen molar-refractivity contribution in [1.82, 2.24) is 20.5 Å². The van der Waals surface area contributed by atoms with Gasteiger partial charge < -0.3 is 20.0 Å². The Hall–Kier alpha value is -1.95. The number of aromatic nitrogens is 1. The molecule has 3 heterocycles. The molecule has 0 spiro atoms. The largest absolute Gasteiger partial charge is 0.454 e. The Morgan fingerprint density at radius 2 is 2.00 bits per heavy atom. The van der Waals surface area contributed by atoms with E-state index in [0.717, 1.165) is 53.8 Å². The molecule has 0 saturated carbocycles. The summed E-state index contributed by atoms with van der Waals surface area (Å²) >= 11 is 0. The van der Waals surface area contributed by atoms with Gasteiger partial charge in [-0.05, 0) is 31.6 Å². The monoisotopic (exact) mass is 324 g/mol. The van der Waals surface area contributed by atoms with Crippen molar-refractivity contribution in [1.29, 1.82) is 0 Å². The lowest BCUT2D eigenvalue weighted by atomic mass is 10.1. The topological polar surface area (TPSA) is 53.3 Å². The Balaban J connectivity index is 1.32. The highest BCUT2D eigenvalue weighted by atomic mass is 16.3. The molecule has 0 amide bonds. The molecule has 0 radical (unpaired) electrons. The molecule has 0 bridgehead atoms. The fourth-order valence-electron chi connectivity index (χ4n) is 3.35. The van der Waals surface area contributed by atoms with Gasteiger partial charge in [-0.25, -0.2) is 0 Å². The lowest BCUT2D eigenvalue weighted by molar-refractivity contribution is 0.237. The number of rotatable bonds is 6. The molecular formula is C19H24N4O. The molecule has 5 nitrogen and oxygen atoms in total. The van der Waals surface area contributed by atoms with Gasteiger partial charge in [0.1, 0.15) is 5.58 Å². The maximum atomic E-state index is 5.82. The van der Waals surface area contributed by atoms with Crippen LogP contribution in [0.3, 0.4) is 0 Å². The Morgan fingerprint density at radius 3 is 2.92 bits per heavy atom. The first-order chi connectivity index (χ1) is 11.9. The first-order valence-corrected chi connectivity index (χ1v) is 8.80. The predicted molar refractivity (Wildman–Crippen MR) is 97.1 cm³/mol. The molecule has 5 heteroatoms. The molecule has 126 valence electrons. The summed E-state index contributed by atoms with van der Waals surface area (Å²) in [5, 5.41) is 9.21. The minimum atomic E-state index is 0.803. The first-order valence-electron chi connectivity index (χ1n) is 8.80. The van der Waals surface area contributed by atoms with Crippen LogP contribution < -0.4 is 10.6 Å². The van der Waals surface area contributed by atoms with E-state index in [1.54, 1.807) is 0 Å². The smallest absolute Gasteiger partial charge is 0.153 e. The third kappa shape index (κ3) is 3.43. The van der Waals surface area contributed by atoms with Gasteiger partial charge in [-0.3, -0.25) is 4.98 Å². The summed E-state index contributed by atoms with van der Waals surface area (Å²) in [6, 6.07) is 10.3. The van der Waals surface area contributed by atoms with E-state index in [-0.39, 0.29) is 0 Å². The summed E-state index contributed by atoms with van der Waals surface area (Å²) in [6.07, 6.45) is 3.02. The summed E-state index contributed by atoms with van der Waals surface area (Å²) < 4.78 is 5.82. The van der Waals surface area contributed by atoms with Crippen LogP contribution in [0, 0.1) is 0 Å². The number of nitrogens with zero attached hydrogens (tertiary/aromatic N) is 2. The fourth-order valence-corrected chi connectivity index (χ4v) is 3.35. The predicted octanol–water partition coefficient (Wildman–Crippen LogP) is 2.37. The van der Waals surface area contributed by atoms with Crippen molar-refractivity contribution >= 4 is 21.9 Å². The molecule has 3 aromatic rings. The van der Waals surface area contributed by atoms with Crippen LogP contribution in [0.5, 0.6) is 0 Å². The molecule has 1 aromatic carbocycles. The molecule has 0 aliphatic carbocycles. The van der Waals surface area contributed by atoms with E-state index >= 15 is 0 Å². The van der Waals surface area contributed by atoms with Crippen LogP contribution in [0.2, 0.25) is 0 Å². The van der Waals surface area contributed by atoms with E-state index in [2.05, 4.69) is 32.7 Å². The highest BCUT2D eigenvalue weighted by Crippen LogP contribution is 2.28. The Bertz CT molecular complexity index is 807. The molecule has 4 rings (SSSR count). The van der Waals surface area contributed by atoms with Gasteiger partial charge in [0, 0.05) is 43.5 Å². The minimum absolute atomic E-state index is 0.803. The summed E-state index contributed by atoms with van der Waals surface area (Å²) in [6.45, 7) is 7.59. The first kappa shape index (κ1) is 15.6. The van der Waals surface area contributed by atoms with Gasteiger partial charge in [0.15, 0.2) is 5.58 Å². The number of nitrogens with one attached hydrogen (secondary N) is 2. The lowest BCUT2D eigenvalue weighted by Crippen LogP contribution is -2.44. The van der Waals surface area contributed by atoms with Gasteiger partial charge >= 0.3 is 0 Å². The number of hydrogen-bond acceptors (Lipinski definition) is 5. The zero-order valence-electron chi connectivity index (χ0n) is 13.9. The van der Waals surface area contributed by atoms with Gasteiger partial charge in [0.2, 0.25) is 0 Å². The van der Waals surface area contributed by atoms with Crippen molar-refractivity contribution in [2.75, 3.05) is 39.3 Å². The van der Waals surface area contributed by atoms with Crippen LogP contribution in [0.4, 0.5) is 0 Å². The molecule has 0 unspecified atom stereocenters.